The largest absolute Gasteiger partial charge is 0.480 e. The first kappa shape index (κ1) is 16.7. The van der Waals surface area contributed by atoms with Crippen molar-refractivity contribution in [1.82, 2.24) is 10.3 Å². The summed E-state index contributed by atoms with van der Waals surface area (Å²) in [7, 11) is 0. The van der Waals surface area contributed by atoms with Gasteiger partial charge in [-0.15, -0.1) is 0 Å². The fourth-order valence-electron chi connectivity index (χ4n) is 3.39. The van der Waals surface area contributed by atoms with E-state index in [0.717, 1.165) is 18.8 Å². The van der Waals surface area contributed by atoms with Crippen LogP contribution in [0.25, 0.3) is 0 Å². The van der Waals surface area contributed by atoms with Gasteiger partial charge in [-0.1, -0.05) is 19.8 Å². The van der Waals surface area contributed by atoms with Gasteiger partial charge in [0.2, 0.25) is 5.91 Å². The molecule has 2 fully saturated rings. The number of carbonyl (C=O) groups is 2. The van der Waals surface area contributed by atoms with Crippen LogP contribution >= 0.6 is 0 Å². The summed E-state index contributed by atoms with van der Waals surface area (Å²) in [6, 6.07) is 3.37. The Kier molecular flexibility index (Phi) is 5.33. The molecule has 2 amide bonds. The van der Waals surface area contributed by atoms with Gasteiger partial charge in [0.1, 0.15) is 11.6 Å². The van der Waals surface area contributed by atoms with Crippen LogP contribution in [-0.4, -0.2) is 29.4 Å². The van der Waals surface area contributed by atoms with Crippen molar-refractivity contribution >= 4 is 17.6 Å². The molecule has 6 heteroatoms. The van der Waals surface area contributed by atoms with E-state index < -0.39 is 6.10 Å². The molecule has 1 aromatic heterocycles. The van der Waals surface area contributed by atoms with Crippen LogP contribution in [0.4, 0.5) is 5.82 Å². The normalized spacial score (nSPS) is 26.7. The lowest BCUT2D eigenvalue weighted by Crippen LogP contribution is -2.27. The molecule has 0 radical (unpaired) electrons. The van der Waals surface area contributed by atoms with Crippen LogP contribution in [0.15, 0.2) is 18.3 Å². The van der Waals surface area contributed by atoms with E-state index >= 15 is 0 Å². The zero-order chi connectivity index (χ0) is 16.9. The van der Waals surface area contributed by atoms with E-state index in [2.05, 4.69) is 22.5 Å². The first-order valence-electron chi connectivity index (χ1n) is 8.80. The number of anilines is 1. The van der Waals surface area contributed by atoms with Gasteiger partial charge in [0.05, 0.1) is 0 Å². The molecule has 1 aliphatic carbocycles. The van der Waals surface area contributed by atoms with Crippen LogP contribution in [0.3, 0.4) is 0 Å². The third-order valence-corrected chi connectivity index (χ3v) is 4.88. The highest BCUT2D eigenvalue weighted by molar-refractivity contribution is 5.90. The highest BCUT2D eigenvalue weighted by Crippen LogP contribution is 2.30. The fraction of sp³-hybridized carbons (Fsp3) is 0.611. The molecule has 1 aromatic rings. The van der Waals surface area contributed by atoms with Crippen LogP contribution in [-0.2, 0) is 9.59 Å². The van der Waals surface area contributed by atoms with Crippen LogP contribution < -0.4 is 15.4 Å². The minimum Gasteiger partial charge on any atom is -0.480 e. The summed E-state index contributed by atoms with van der Waals surface area (Å²) in [4.78, 5) is 27.9. The van der Waals surface area contributed by atoms with Crippen molar-refractivity contribution in [2.45, 2.75) is 51.6 Å². The van der Waals surface area contributed by atoms with E-state index in [1.54, 1.807) is 18.3 Å². The lowest BCUT2D eigenvalue weighted by atomic mass is 9.81. The summed E-state index contributed by atoms with van der Waals surface area (Å²) in [5, 5.41) is 5.58. The van der Waals surface area contributed by atoms with E-state index in [-0.39, 0.29) is 11.8 Å². The number of rotatable bonds is 5. The summed E-state index contributed by atoms with van der Waals surface area (Å²) in [6.45, 7) is 2.91. The number of nitrogens with zero attached hydrogens (tertiary/aromatic N) is 1. The van der Waals surface area contributed by atoms with Crippen molar-refractivity contribution in [3.63, 3.8) is 0 Å². The van der Waals surface area contributed by atoms with E-state index in [4.69, 9.17) is 4.74 Å². The van der Waals surface area contributed by atoms with Crippen LogP contribution in [0, 0.1) is 11.8 Å². The van der Waals surface area contributed by atoms with Gasteiger partial charge >= 0.3 is 0 Å². The number of aromatic nitrogens is 1. The standard InChI is InChI=1S/C18H25N3O3/c1-12-2-4-13(5-3-12)10-17(22)21-16-11-14(6-8-19-16)24-15-7-9-20-18(15)23/h6,8,11-13,15H,2-5,7,9-10H2,1H3,(H,20,23)(H,19,21,22). The molecule has 3 rings (SSSR count). The number of pyridine rings is 1. The number of hydrogen-bond donors (Lipinski definition) is 2. The Balaban J connectivity index is 1.52. The average molecular weight is 331 g/mol. The van der Waals surface area contributed by atoms with E-state index in [0.29, 0.717) is 36.9 Å². The maximum absolute atomic E-state index is 12.2. The molecule has 1 unspecified atom stereocenters. The molecule has 130 valence electrons. The van der Waals surface area contributed by atoms with Crippen molar-refractivity contribution < 1.29 is 14.3 Å². The summed E-state index contributed by atoms with van der Waals surface area (Å²) < 4.78 is 5.67. The quantitative estimate of drug-likeness (QED) is 0.869. The van der Waals surface area contributed by atoms with Crippen molar-refractivity contribution in [1.29, 1.82) is 0 Å². The fourth-order valence-corrected chi connectivity index (χ4v) is 3.39. The summed E-state index contributed by atoms with van der Waals surface area (Å²) >= 11 is 0. The number of hydrogen-bond acceptors (Lipinski definition) is 4. The van der Waals surface area contributed by atoms with Gasteiger partial charge in [-0.2, -0.15) is 0 Å². The average Bonchev–Trinajstić information content (AvgIpc) is 2.95. The number of nitrogens with one attached hydrogen (secondary N) is 2. The highest BCUT2D eigenvalue weighted by Gasteiger charge is 2.26. The molecule has 0 aromatic carbocycles. The van der Waals surface area contributed by atoms with E-state index in [1.807, 2.05) is 0 Å². The maximum Gasteiger partial charge on any atom is 0.261 e. The van der Waals surface area contributed by atoms with Crippen LogP contribution in [0.2, 0.25) is 0 Å². The second-order valence-corrected chi connectivity index (χ2v) is 6.94. The lowest BCUT2D eigenvalue weighted by Gasteiger charge is -2.25. The Morgan fingerprint density at radius 3 is 2.83 bits per heavy atom. The van der Waals surface area contributed by atoms with Crippen molar-refractivity contribution in [3.05, 3.63) is 18.3 Å². The van der Waals surface area contributed by atoms with Crippen molar-refractivity contribution in [3.8, 4) is 5.75 Å². The molecule has 6 nitrogen and oxygen atoms in total. The molecule has 1 aliphatic heterocycles. The second kappa shape index (κ2) is 7.64. The predicted octanol–water partition coefficient (Wildman–Crippen LogP) is 2.50. The molecular weight excluding hydrogens is 306 g/mol. The Hall–Kier alpha value is -2.11. The van der Waals surface area contributed by atoms with Crippen molar-refractivity contribution in [2.24, 2.45) is 11.8 Å². The monoisotopic (exact) mass is 331 g/mol. The van der Waals surface area contributed by atoms with Crippen LogP contribution in [0.5, 0.6) is 5.75 Å². The Morgan fingerprint density at radius 2 is 2.12 bits per heavy atom. The zero-order valence-corrected chi connectivity index (χ0v) is 14.1. The number of amides is 2. The van der Waals surface area contributed by atoms with Gasteiger partial charge in [0.25, 0.3) is 5.91 Å². The summed E-state index contributed by atoms with van der Waals surface area (Å²) in [5.74, 6) is 2.19. The van der Waals surface area contributed by atoms with E-state index in [9.17, 15) is 9.59 Å². The van der Waals surface area contributed by atoms with E-state index in [1.165, 1.54) is 12.8 Å². The Bertz CT molecular complexity index is 597. The minimum absolute atomic E-state index is 0.00203. The predicted molar refractivity (Wildman–Crippen MR) is 90.6 cm³/mol. The summed E-state index contributed by atoms with van der Waals surface area (Å²) in [5.41, 5.74) is 0. The third kappa shape index (κ3) is 4.46. The molecule has 1 saturated heterocycles. The molecular formula is C18H25N3O3. The first-order chi connectivity index (χ1) is 11.6. The third-order valence-electron chi connectivity index (χ3n) is 4.88. The van der Waals surface area contributed by atoms with Gasteiger partial charge < -0.3 is 15.4 Å². The van der Waals surface area contributed by atoms with Gasteiger partial charge in [-0.05, 0) is 30.7 Å². The molecule has 2 aliphatic rings. The second-order valence-electron chi connectivity index (χ2n) is 6.94. The SMILES string of the molecule is CC1CCC(CC(=O)Nc2cc(OC3CCNC3=O)ccn2)CC1. The smallest absolute Gasteiger partial charge is 0.261 e. The molecule has 1 atom stereocenters. The molecule has 0 bridgehead atoms. The number of ether oxygens (including phenoxy) is 1. The lowest BCUT2D eigenvalue weighted by molar-refractivity contribution is -0.125. The highest BCUT2D eigenvalue weighted by atomic mass is 16.5. The first-order valence-corrected chi connectivity index (χ1v) is 8.80. The molecule has 2 N–H and O–H groups in total. The topological polar surface area (TPSA) is 80.3 Å². The van der Waals surface area contributed by atoms with Gasteiger partial charge in [-0.3, -0.25) is 9.59 Å². The summed E-state index contributed by atoms with van der Waals surface area (Å²) in [6.07, 6.45) is 7.00. The molecule has 1 saturated carbocycles. The van der Waals surface area contributed by atoms with Gasteiger partial charge in [-0.25, -0.2) is 4.98 Å². The van der Waals surface area contributed by atoms with Crippen LogP contribution in [0.1, 0.15) is 45.4 Å². The minimum atomic E-state index is -0.458. The van der Waals surface area contributed by atoms with Crippen molar-refractivity contribution in [2.75, 3.05) is 11.9 Å². The molecule has 24 heavy (non-hydrogen) atoms. The maximum atomic E-state index is 12.2. The number of carbonyl (C=O) groups excluding carboxylic acids is 2. The van der Waals surface area contributed by atoms with Gasteiger partial charge in [0, 0.05) is 31.6 Å². The molecule has 0 spiro atoms. The zero-order valence-electron chi connectivity index (χ0n) is 14.1. The Morgan fingerprint density at radius 1 is 1.33 bits per heavy atom. The Labute approximate surface area is 142 Å². The molecule has 2 heterocycles. The van der Waals surface area contributed by atoms with Gasteiger partial charge in [0.15, 0.2) is 6.10 Å².